The monoisotopic (exact) mass is 460 g/mol. The maximum atomic E-state index is 13.1. The van der Waals surface area contributed by atoms with Crippen molar-refractivity contribution in [2.24, 2.45) is 0 Å². The average molecular weight is 461 g/mol. The van der Waals surface area contributed by atoms with E-state index in [1.807, 2.05) is 24.3 Å². The fraction of sp³-hybridized carbons (Fsp3) is 0.381. The Hall–Kier alpha value is -2.56. The van der Waals surface area contributed by atoms with E-state index in [2.05, 4.69) is 22.6 Å². The molecule has 0 unspecified atom stereocenters. The van der Waals surface area contributed by atoms with Gasteiger partial charge in [0, 0.05) is 26.2 Å². The summed E-state index contributed by atoms with van der Waals surface area (Å²) < 4.78 is 41.5. The summed E-state index contributed by atoms with van der Waals surface area (Å²) in [5.41, 5.74) is 2.11. The maximum absolute atomic E-state index is 13.1. The van der Waals surface area contributed by atoms with Crippen molar-refractivity contribution in [3.05, 3.63) is 48.0 Å². The molecule has 3 aromatic rings. The number of nitrogens with zero attached hydrogens (tertiary/aromatic N) is 4. The number of carbonyl (C=O) groups excluding carboxylic acids is 1. The Morgan fingerprint density at radius 2 is 1.84 bits per heavy atom. The minimum absolute atomic E-state index is 0.0713. The van der Waals surface area contributed by atoms with Gasteiger partial charge in [-0.15, -0.1) is 0 Å². The van der Waals surface area contributed by atoms with Crippen LogP contribution in [0.2, 0.25) is 0 Å². The van der Waals surface area contributed by atoms with Crippen LogP contribution in [-0.2, 0) is 14.8 Å². The summed E-state index contributed by atoms with van der Waals surface area (Å²) in [6, 6.07) is 12.7. The van der Waals surface area contributed by atoms with Gasteiger partial charge in [0.15, 0.2) is 6.61 Å². The number of ether oxygens (including phenoxy) is 1. The van der Waals surface area contributed by atoms with E-state index in [1.165, 1.54) is 4.31 Å². The molecule has 1 aliphatic heterocycles. The van der Waals surface area contributed by atoms with Gasteiger partial charge in [0.05, 0.1) is 11.7 Å². The van der Waals surface area contributed by atoms with Crippen LogP contribution in [0.25, 0.3) is 11.0 Å². The van der Waals surface area contributed by atoms with Gasteiger partial charge in [-0.25, -0.2) is 8.42 Å². The molecule has 0 aliphatic carbocycles. The Bertz CT molecular complexity index is 1180. The van der Waals surface area contributed by atoms with Gasteiger partial charge in [0.2, 0.25) is 10.0 Å². The van der Waals surface area contributed by atoms with E-state index in [9.17, 15) is 13.2 Å². The third-order valence-electron chi connectivity index (χ3n) is 5.35. The highest BCUT2D eigenvalue weighted by Gasteiger charge is 2.32. The van der Waals surface area contributed by atoms with Crippen LogP contribution in [-0.4, -0.2) is 65.1 Å². The number of hydrogen-bond acceptors (Lipinski definition) is 7. The Morgan fingerprint density at radius 3 is 2.58 bits per heavy atom. The van der Waals surface area contributed by atoms with Crippen molar-refractivity contribution >= 4 is 38.7 Å². The smallest absolute Gasteiger partial charge is 0.260 e. The fourth-order valence-corrected chi connectivity index (χ4v) is 5.68. The lowest BCUT2D eigenvalue weighted by molar-refractivity contribution is -0.134. The SMILES string of the molecule is CC(C)c1cccc(OCC(=O)N2CCN(S(=O)(=O)c3cccc4nsnc34)CC2)c1. The van der Waals surface area contributed by atoms with Crippen molar-refractivity contribution in [3.8, 4) is 5.75 Å². The lowest BCUT2D eigenvalue weighted by Crippen LogP contribution is -2.51. The predicted molar refractivity (Wildman–Crippen MR) is 119 cm³/mol. The Labute approximate surface area is 185 Å². The van der Waals surface area contributed by atoms with Crippen LogP contribution >= 0.6 is 11.7 Å². The second-order valence-electron chi connectivity index (χ2n) is 7.69. The van der Waals surface area contributed by atoms with E-state index in [0.29, 0.717) is 35.8 Å². The number of hydrogen-bond donors (Lipinski definition) is 0. The van der Waals surface area contributed by atoms with Crippen molar-refractivity contribution < 1.29 is 17.9 Å². The first-order valence-electron chi connectivity index (χ1n) is 10.1. The zero-order chi connectivity index (χ0) is 22.0. The molecule has 4 rings (SSSR count). The fourth-order valence-electron chi connectivity index (χ4n) is 3.51. The zero-order valence-corrected chi connectivity index (χ0v) is 19.0. The molecule has 0 radical (unpaired) electrons. The summed E-state index contributed by atoms with van der Waals surface area (Å²) in [4.78, 5) is 14.4. The second-order valence-corrected chi connectivity index (χ2v) is 10.1. The number of piperazine rings is 1. The lowest BCUT2D eigenvalue weighted by Gasteiger charge is -2.34. The summed E-state index contributed by atoms with van der Waals surface area (Å²) in [6.45, 7) is 5.22. The summed E-state index contributed by atoms with van der Waals surface area (Å²) in [7, 11) is -3.71. The molecule has 164 valence electrons. The number of carbonyl (C=O) groups is 1. The highest BCUT2D eigenvalue weighted by molar-refractivity contribution is 7.89. The normalized spacial score (nSPS) is 15.5. The molecule has 31 heavy (non-hydrogen) atoms. The molecule has 1 amide bonds. The second kappa shape index (κ2) is 8.89. The molecule has 0 atom stereocenters. The van der Waals surface area contributed by atoms with Crippen LogP contribution in [0.3, 0.4) is 0 Å². The number of fused-ring (bicyclic) bond motifs is 1. The first kappa shape index (κ1) is 21.7. The average Bonchev–Trinajstić information content (AvgIpc) is 3.26. The van der Waals surface area contributed by atoms with E-state index in [4.69, 9.17) is 4.74 Å². The van der Waals surface area contributed by atoms with Crippen molar-refractivity contribution in [2.45, 2.75) is 24.7 Å². The first-order chi connectivity index (χ1) is 14.9. The van der Waals surface area contributed by atoms with Gasteiger partial charge < -0.3 is 9.64 Å². The maximum Gasteiger partial charge on any atom is 0.260 e. The van der Waals surface area contributed by atoms with E-state index >= 15 is 0 Å². The van der Waals surface area contributed by atoms with Gasteiger partial charge in [-0.05, 0) is 35.7 Å². The van der Waals surface area contributed by atoms with E-state index in [0.717, 1.165) is 17.3 Å². The summed E-state index contributed by atoms with van der Waals surface area (Å²) >= 11 is 0.990. The number of sulfonamides is 1. The minimum atomic E-state index is -3.71. The Kier molecular flexibility index (Phi) is 6.22. The van der Waals surface area contributed by atoms with Gasteiger partial charge in [-0.2, -0.15) is 13.1 Å². The molecule has 1 aromatic heterocycles. The molecule has 0 spiro atoms. The van der Waals surface area contributed by atoms with Crippen LogP contribution in [0, 0.1) is 0 Å². The third-order valence-corrected chi connectivity index (χ3v) is 7.82. The molecule has 1 saturated heterocycles. The zero-order valence-electron chi connectivity index (χ0n) is 17.4. The van der Waals surface area contributed by atoms with Gasteiger partial charge in [0.25, 0.3) is 5.91 Å². The van der Waals surface area contributed by atoms with Crippen LogP contribution < -0.4 is 4.74 Å². The molecule has 10 heteroatoms. The standard InChI is InChI=1S/C21H24N4O4S2/c1-15(2)16-5-3-6-17(13-16)29-14-20(26)24-9-11-25(12-10-24)31(27,28)19-8-4-7-18-21(19)23-30-22-18/h3-8,13,15H,9-12,14H2,1-2H3. The molecular formula is C21H24N4O4S2. The Balaban J connectivity index is 1.36. The molecule has 1 fully saturated rings. The molecule has 2 aromatic carbocycles. The van der Waals surface area contributed by atoms with Crippen LogP contribution in [0.5, 0.6) is 5.75 Å². The molecule has 0 saturated carbocycles. The summed E-state index contributed by atoms with van der Waals surface area (Å²) in [5.74, 6) is 0.878. The molecule has 2 heterocycles. The van der Waals surface area contributed by atoms with Crippen LogP contribution in [0.4, 0.5) is 0 Å². The topological polar surface area (TPSA) is 92.7 Å². The molecule has 0 N–H and O–H groups in total. The van der Waals surface area contributed by atoms with Crippen LogP contribution in [0.15, 0.2) is 47.4 Å². The van der Waals surface area contributed by atoms with Gasteiger partial charge in [0.1, 0.15) is 21.7 Å². The largest absolute Gasteiger partial charge is 0.484 e. The number of aromatic nitrogens is 2. The molecule has 8 nitrogen and oxygen atoms in total. The number of rotatable bonds is 6. The van der Waals surface area contributed by atoms with E-state index in [1.54, 1.807) is 23.1 Å². The highest BCUT2D eigenvalue weighted by Crippen LogP contribution is 2.25. The summed E-state index contributed by atoms with van der Waals surface area (Å²) in [5, 5.41) is 0. The molecular weight excluding hydrogens is 436 g/mol. The summed E-state index contributed by atoms with van der Waals surface area (Å²) in [6.07, 6.45) is 0. The molecule has 0 bridgehead atoms. The minimum Gasteiger partial charge on any atom is -0.484 e. The van der Waals surface area contributed by atoms with Gasteiger partial charge in [-0.3, -0.25) is 4.79 Å². The molecule has 1 aliphatic rings. The van der Waals surface area contributed by atoms with Gasteiger partial charge >= 0.3 is 0 Å². The van der Waals surface area contributed by atoms with Crippen molar-refractivity contribution in [2.75, 3.05) is 32.8 Å². The third kappa shape index (κ3) is 4.56. The first-order valence-corrected chi connectivity index (χ1v) is 12.3. The van der Waals surface area contributed by atoms with Crippen molar-refractivity contribution in [1.29, 1.82) is 0 Å². The van der Waals surface area contributed by atoms with E-state index < -0.39 is 10.0 Å². The van der Waals surface area contributed by atoms with E-state index in [-0.39, 0.29) is 30.5 Å². The van der Waals surface area contributed by atoms with Gasteiger partial charge in [-0.1, -0.05) is 32.0 Å². The highest BCUT2D eigenvalue weighted by atomic mass is 32.2. The lowest BCUT2D eigenvalue weighted by atomic mass is 10.0. The predicted octanol–water partition coefficient (Wildman–Crippen LogP) is 2.73. The van der Waals surface area contributed by atoms with Crippen molar-refractivity contribution in [1.82, 2.24) is 18.0 Å². The Morgan fingerprint density at radius 1 is 1.10 bits per heavy atom. The quantitative estimate of drug-likeness (QED) is 0.562. The number of amides is 1. The number of benzene rings is 2. The van der Waals surface area contributed by atoms with Crippen molar-refractivity contribution in [3.63, 3.8) is 0 Å². The van der Waals surface area contributed by atoms with Crippen LogP contribution in [0.1, 0.15) is 25.3 Å².